The van der Waals surface area contributed by atoms with E-state index in [0.29, 0.717) is 24.2 Å². The molecule has 27 heavy (non-hydrogen) atoms. The fourth-order valence-electron chi connectivity index (χ4n) is 3.40. The van der Waals surface area contributed by atoms with Crippen molar-refractivity contribution in [1.29, 1.82) is 0 Å². The molecule has 0 spiro atoms. The number of carbonyl (C=O) groups is 1. The highest BCUT2D eigenvalue weighted by molar-refractivity contribution is 5.93. The number of aromatic nitrogens is 4. The minimum atomic E-state index is -0.325. The normalized spacial score (nSPS) is 20.1. The first-order valence-electron chi connectivity index (χ1n) is 8.78. The van der Waals surface area contributed by atoms with E-state index in [1.165, 1.54) is 12.1 Å². The van der Waals surface area contributed by atoms with Crippen LogP contribution in [0, 0.1) is 11.7 Å². The van der Waals surface area contributed by atoms with Gasteiger partial charge in [-0.05, 0) is 49.1 Å². The topological polar surface area (TPSA) is 95.8 Å². The number of rotatable bonds is 5. The number of aryl methyl sites for hydroxylation is 1. The van der Waals surface area contributed by atoms with E-state index >= 15 is 0 Å². The molecule has 1 aliphatic rings. The number of carbonyl (C=O) groups excluding carboxylic acids is 1. The van der Waals surface area contributed by atoms with Crippen molar-refractivity contribution in [1.82, 2.24) is 25.3 Å². The summed E-state index contributed by atoms with van der Waals surface area (Å²) in [5.74, 6) is -0.451. The Kier molecular flexibility index (Phi) is 4.49. The first-order chi connectivity index (χ1) is 13.0. The van der Waals surface area contributed by atoms with Crippen LogP contribution >= 0.6 is 0 Å². The van der Waals surface area contributed by atoms with Crippen LogP contribution in [0.3, 0.4) is 0 Å². The van der Waals surface area contributed by atoms with Crippen molar-refractivity contribution in [3.05, 3.63) is 59.8 Å². The molecule has 3 aromatic rings. The van der Waals surface area contributed by atoms with E-state index in [-0.39, 0.29) is 29.8 Å². The van der Waals surface area contributed by atoms with Gasteiger partial charge < -0.3 is 10.4 Å². The Hall–Kier alpha value is -3.00. The van der Waals surface area contributed by atoms with Crippen LogP contribution in [0.25, 0.3) is 11.3 Å². The highest BCUT2D eigenvalue weighted by Crippen LogP contribution is 2.38. The van der Waals surface area contributed by atoms with E-state index in [1.807, 2.05) is 13.2 Å². The molecule has 0 saturated heterocycles. The molecule has 1 fully saturated rings. The molecular weight excluding hydrogens is 349 g/mol. The molecule has 140 valence electrons. The van der Waals surface area contributed by atoms with Crippen molar-refractivity contribution in [2.45, 2.75) is 25.0 Å². The van der Waals surface area contributed by atoms with Crippen LogP contribution in [0.2, 0.25) is 0 Å². The van der Waals surface area contributed by atoms with Gasteiger partial charge in [0.2, 0.25) is 0 Å². The molecule has 1 saturated carbocycles. The number of aliphatic hydroxyl groups is 1. The lowest BCUT2D eigenvalue weighted by molar-refractivity contribution is 0.0234. The van der Waals surface area contributed by atoms with Gasteiger partial charge >= 0.3 is 0 Å². The quantitative estimate of drug-likeness (QED) is 0.642. The zero-order valence-electron chi connectivity index (χ0n) is 14.8. The van der Waals surface area contributed by atoms with E-state index in [1.54, 1.807) is 29.1 Å². The summed E-state index contributed by atoms with van der Waals surface area (Å²) in [5.41, 5.74) is 2.51. The molecule has 2 aromatic heterocycles. The predicted molar refractivity (Wildman–Crippen MR) is 96.1 cm³/mol. The predicted octanol–water partition coefficient (Wildman–Crippen LogP) is 2.19. The summed E-state index contributed by atoms with van der Waals surface area (Å²) in [4.78, 5) is 12.7. The molecule has 7 nitrogen and oxygen atoms in total. The molecule has 1 atom stereocenters. The summed E-state index contributed by atoms with van der Waals surface area (Å²) < 4.78 is 14.8. The molecule has 4 rings (SSSR count). The second kappa shape index (κ2) is 6.96. The van der Waals surface area contributed by atoms with Gasteiger partial charge in [-0.2, -0.15) is 10.2 Å². The third-order valence-corrected chi connectivity index (χ3v) is 4.95. The van der Waals surface area contributed by atoms with Gasteiger partial charge in [-0.25, -0.2) is 4.39 Å². The maximum absolute atomic E-state index is 13.1. The van der Waals surface area contributed by atoms with Crippen LogP contribution < -0.4 is 5.32 Å². The number of amides is 1. The molecule has 8 heteroatoms. The van der Waals surface area contributed by atoms with Crippen molar-refractivity contribution >= 4 is 5.91 Å². The number of aromatic amines is 1. The monoisotopic (exact) mass is 369 g/mol. The molecule has 0 aliphatic heterocycles. The van der Waals surface area contributed by atoms with Crippen molar-refractivity contribution < 1.29 is 14.3 Å². The van der Waals surface area contributed by atoms with E-state index < -0.39 is 0 Å². The van der Waals surface area contributed by atoms with E-state index in [0.717, 1.165) is 11.1 Å². The third-order valence-electron chi connectivity index (χ3n) is 4.95. The van der Waals surface area contributed by atoms with Gasteiger partial charge in [-0.1, -0.05) is 0 Å². The summed E-state index contributed by atoms with van der Waals surface area (Å²) in [6.45, 7) is 0. The average molecular weight is 369 g/mol. The standard InChI is InChI=1S/C19H20FN5O2/c1-25-10-13(9-21-25)18(12-6-15(26)7-12)22-19(27)17-8-16(23-24-17)11-2-4-14(20)5-3-11/h2-5,8-10,12,15,18,26H,6-7H2,1H3,(H,22,27)(H,23,24). The summed E-state index contributed by atoms with van der Waals surface area (Å²) in [6.07, 6.45) is 4.56. The van der Waals surface area contributed by atoms with Gasteiger partial charge in [0.15, 0.2) is 0 Å². The molecule has 3 N–H and O–H groups in total. The first kappa shape index (κ1) is 17.4. The van der Waals surface area contributed by atoms with Gasteiger partial charge in [-0.15, -0.1) is 0 Å². The fourth-order valence-corrected chi connectivity index (χ4v) is 3.40. The van der Waals surface area contributed by atoms with Crippen LogP contribution in [0.15, 0.2) is 42.7 Å². The Balaban J connectivity index is 1.52. The van der Waals surface area contributed by atoms with Gasteiger partial charge in [-0.3, -0.25) is 14.6 Å². The number of nitrogens with one attached hydrogen (secondary N) is 2. The number of halogens is 1. The number of benzene rings is 1. The molecule has 1 aromatic carbocycles. The zero-order chi connectivity index (χ0) is 19.0. The lowest BCUT2D eigenvalue weighted by atomic mass is 9.75. The molecule has 0 bridgehead atoms. The molecular formula is C19H20FN5O2. The minimum absolute atomic E-state index is 0.160. The van der Waals surface area contributed by atoms with Crippen LogP contribution in [0.5, 0.6) is 0 Å². The summed E-state index contributed by atoms with van der Waals surface area (Å²) in [6, 6.07) is 7.34. The second-order valence-corrected chi connectivity index (χ2v) is 6.96. The van der Waals surface area contributed by atoms with Crippen LogP contribution in [-0.2, 0) is 7.05 Å². The molecule has 1 unspecified atom stereocenters. The van der Waals surface area contributed by atoms with E-state index in [9.17, 15) is 14.3 Å². The Labute approximate surface area is 155 Å². The lowest BCUT2D eigenvalue weighted by Gasteiger charge is -2.37. The Bertz CT molecular complexity index is 943. The summed E-state index contributed by atoms with van der Waals surface area (Å²) in [7, 11) is 1.82. The number of aliphatic hydroxyl groups excluding tert-OH is 1. The largest absolute Gasteiger partial charge is 0.393 e. The van der Waals surface area contributed by atoms with Gasteiger partial charge in [0.05, 0.1) is 24.0 Å². The first-order valence-corrected chi connectivity index (χ1v) is 8.78. The molecule has 1 amide bonds. The number of hydrogen-bond acceptors (Lipinski definition) is 4. The highest BCUT2D eigenvalue weighted by Gasteiger charge is 2.36. The van der Waals surface area contributed by atoms with E-state index in [2.05, 4.69) is 20.6 Å². The maximum Gasteiger partial charge on any atom is 0.269 e. The fraction of sp³-hybridized carbons (Fsp3) is 0.316. The van der Waals surface area contributed by atoms with Crippen molar-refractivity contribution in [2.75, 3.05) is 0 Å². The van der Waals surface area contributed by atoms with Crippen molar-refractivity contribution in [3.63, 3.8) is 0 Å². The van der Waals surface area contributed by atoms with Gasteiger partial charge in [0.25, 0.3) is 5.91 Å². The molecule has 1 aliphatic carbocycles. The number of hydrogen-bond donors (Lipinski definition) is 3. The highest BCUT2D eigenvalue weighted by atomic mass is 19.1. The lowest BCUT2D eigenvalue weighted by Crippen LogP contribution is -2.41. The van der Waals surface area contributed by atoms with Crippen LogP contribution in [-0.4, -0.2) is 37.1 Å². The SMILES string of the molecule is Cn1cc(C(NC(=O)c2cc(-c3ccc(F)cc3)n[nH]2)C2CC(O)C2)cn1. The van der Waals surface area contributed by atoms with Gasteiger partial charge in [0.1, 0.15) is 11.5 Å². The van der Waals surface area contributed by atoms with E-state index in [4.69, 9.17) is 0 Å². The minimum Gasteiger partial charge on any atom is -0.393 e. The average Bonchev–Trinajstić information content (AvgIpc) is 3.27. The van der Waals surface area contributed by atoms with Crippen LogP contribution in [0.4, 0.5) is 4.39 Å². The summed E-state index contributed by atoms with van der Waals surface area (Å²) in [5, 5.41) is 23.7. The summed E-state index contributed by atoms with van der Waals surface area (Å²) >= 11 is 0. The van der Waals surface area contributed by atoms with Gasteiger partial charge in [0, 0.05) is 24.4 Å². The Morgan fingerprint density at radius 3 is 2.74 bits per heavy atom. The zero-order valence-corrected chi connectivity index (χ0v) is 14.8. The van der Waals surface area contributed by atoms with Crippen molar-refractivity contribution in [2.24, 2.45) is 13.0 Å². The Morgan fingerprint density at radius 1 is 1.37 bits per heavy atom. The molecule has 0 radical (unpaired) electrons. The smallest absolute Gasteiger partial charge is 0.269 e. The second-order valence-electron chi connectivity index (χ2n) is 6.96. The Morgan fingerprint density at radius 2 is 2.11 bits per heavy atom. The number of nitrogens with zero attached hydrogens (tertiary/aromatic N) is 3. The third kappa shape index (κ3) is 3.61. The molecule has 2 heterocycles. The van der Waals surface area contributed by atoms with Crippen molar-refractivity contribution in [3.8, 4) is 11.3 Å². The number of H-pyrrole nitrogens is 1. The van der Waals surface area contributed by atoms with Crippen LogP contribution in [0.1, 0.15) is 34.9 Å². The maximum atomic E-state index is 13.1.